The van der Waals surface area contributed by atoms with Crippen LogP contribution in [-0.2, 0) is 0 Å². The SMILES string of the molecule is O=C(N/N=C\c1cccc([N+](=O)[O-])c1)c1ccccc1O. The maximum Gasteiger partial charge on any atom is 0.275 e. The van der Waals surface area contributed by atoms with Gasteiger partial charge in [-0.1, -0.05) is 24.3 Å². The van der Waals surface area contributed by atoms with E-state index in [9.17, 15) is 20.0 Å². The van der Waals surface area contributed by atoms with Gasteiger partial charge in [-0.3, -0.25) is 14.9 Å². The van der Waals surface area contributed by atoms with Gasteiger partial charge < -0.3 is 5.11 Å². The smallest absolute Gasteiger partial charge is 0.275 e. The third-order valence-corrected chi connectivity index (χ3v) is 2.61. The lowest BCUT2D eigenvalue weighted by atomic mass is 10.2. The molecule has 0 aliphatic rings. The molecular formula is C14H11N3O4. The van der Waals surface area contributed by atoms with E-state index >= 15 is 0 Å². The van der Waals surface area contributed by atoms with E-state index < -0.39 is 10.8 Å². The molecule has 0 aliphatic heterocycles. The average Bonchev–Trinajstić information content (AvgIpc) is 2.48. The minimum absolute atomic E-state index is 0.0639. The molecule has 0 bridgehead atoms. The van der Waals surface area contributed by atoms with Crippen molar-refractivity contribution in [1.29, 1.82) is 0 Å². The first-order chi connectivity index (χ1) is 10.1. The highest BCUT2D eigenvalue weighted by Gasteiger charge is 2.08. The second kappa shape index (κ2) is 6.29. The molecule has 0 spiro atoms. The molecule has 2 rings (SSSR count). The lowest BCUT2D eigenvalue weighted by molar-refractivity contribution is -0.384. The van der Waals surface area contributed by atoms with Gasteiger partial charge in [0.15, 0.2) is 0 Å². The topological polar surface area (TPSA) is 105 Å². The van der Waals surface area contributed by atoms with Crippen molar-refractivity contribution in [2.75, 3.05) is 0 Å². The van der Waals surface area contributed by atoms with Gasteiger partial charge in [-0.15, -0.1) is 0 Å². The molecular weight excluding hydrogens is 274 g/mol. The minimum Gasteiger partial charge on any atom is -0.507 e. The number of amides is 1. The number of rotatable bonds is 4. The van der Waals surface area contributed by atoms with Crippen molar-refractivity contribution in [3.05, 3.63) is 69.8 Å². The predicted octanol–water partition coefficient (Wildman–Crippen LogP) is 2.06. The lowest BCUT2D eigenvalue weighted by Crippen LogP contribution is -2.17. The van der Waals surface area contributed by atoms with E-state index in [1.807, 2.05) is 0 Å². The number of nitro benzene ring substituents is 1. The summed E-state index contributed by atoms with van der Waals surface area (Å²) in [5.74, 6) is -0.727. The fourth-order valence-corrected chi connectivity index (χ4v) is 1.61. The summed E-state index contributed by atoms with van der Waals surface area (Å²) in [6.07, 6.45) is 1.28. The van der Waals surface area contributed by atoms with Gasteiger partial charge in [-0.25, -0.2) is 5.43 Å². The lowest BCUT2D eigenvalue weighted by Gasteiger charge is -2.01. The van der Waals surface area contributed by atoms with Gasteiger partial charge in [0.25, 0.3) is 11.6 Å². The molecule has 0 aliphatic carbocycles. The van der Waals surface area contributed by atoms with E-state index in [0.29, 0.717) is 5.56 Å². The van der Waals surface area contributed by atoms with Crippen LogP contribution in [0.4, 0.5) is 5.69 Å². The van der Waals surface area contributed by atoms with Gasteiger partial charge in [0, 0.05) is 17.7 Å². The van der Waals surface area contributed by atoms with E-state index in [1.54, 1.807) is 18.2 Å². The van der Waals surface area contributed by atoms with Crippen molar-refractivity contribution in [2.45, 2.75) is 0 Å². The first-order valence-corrected chi connectivity index (χ1v) is 5.94. The number of hydrazone groups is 1. The highest BCUT2D eigenvalue weighted by molar-refractivity contribution is 5.97. The van der Waals surface area contributed by atoms with Crippen LogP contribution >= 0.6 is 0 Å². The number of benzene rings is 2. The third-order valence-electron chi connectivity index (χ3n) is 2.61. The number of nitrogens with one attached hydrogen (secondary N) is 1. The number of hydrogen-bond acceptors (Lipinski definition) is 5. The Morgan fingerprint density at radius 2 is 2.00 bits per heavy atom. The quantitative estimate of drug-likeness (QED) is 0.509. The number of carbonyl (C=O) groups is 1. The molecule has 1 amide bonds. The zero-order valence-electron chi connectivity index (χ0n) is 10.8. The Kier molecular flexibility index (Phi) is 4.25. The first-order valence-electron chi connectivity index (χ1n) is 5.94. The number of para-hydroxylation sites is 1. The molecule has 0 atom stereocenters. The molecule has 106 valence electrons. The largest absolute Gasteiger partial charge is 0.507 e. The fourth-order valence-electron chi connectivity index (χ4n) is 1.61. The molecule has 0 unspecified atom stereocenters. The second-order valence-electron chi connectivity index (χ2n) is 4.07. The summed E-state index contributed by atoms with van der Waals surface area (Å²) in [5, 5.41) is 23.8. The molecule has 0 saturated heterocycles. The molecule has 0 fully saturated rings. The van der Waals surface area contributed by atoms with Crippen LogP contribution in [0.5, 0.6) is 5.75 Å². The maximum absolute atomic E-state index is 11.7. The van der Waals surface area contributed by atoms with Crippen molar-refractivity contribution < 1.29 is 14.8 Å². The molecule has 7 nitrogen and oxygen atoms in total. The van der Waals surface area contributed by atoms with Gasteiger partial charge >= 0.3 is 0 Å². The summed E-state index contributed by atoms with van der Waals surface area (Å²) in [7, 11) is 0. The second-order valence-corrected chi connectivity index (χ2v) is 4.07. The van der Waals surface area contributed by atoms with Crippen LogP contribution < -0.4 is 5.43 Å². The number of aromatic hydroxyl groups is 1. The fraction of sp³-hybridized carbons (Fsp3) is 0. The molecule has 2 N–H and O–H groups in total. The number of carbonyl (C=O) groups excluding carboxylic acids is 1. The Morgan fingerprint density at radius 3 is 2.71 bits per heavy atom. The number of non-ortho nitro benzene ring substituents is 1. The van der Waals surface area contributed by atoms with Gasteiger partial charge in [0.05, 0.1) is 16.7 Å². The third kappa shape index (κ3) is 3.63. The van der Waals surface area contributed by atoms with Crippen LogP contribution in [0.15, 0.2) is 53.6 Å². The maximum atomic E-state index is 11.7. The Hall–Kier alpha value is -3.22. The van der Waals surface area contributed by atoms with Crippen LogP contribution in [0.1, 0.15) is 15.9 Å². The summed E-state index contributed by atoms with van der Waals surface area (Å²) in [5.41, 5.74) is 2.74. The van der Waals surface area contributed by atoms with Gasteiger partial charge in [0.1, 0.15) is 5.75 Å². The summed E-state index contributed by atoms with van der Waals surface area (Å²) < 4.78 is 0. The molecule has 0 radical (unpaired) electrons. The molecule has 7 heteroatoms. The average molecular weight is 285 g/mol. The van der Waals surface area contributed by atoms with Crippen molar-refractivity contribution in [1.82, 2.24) is 5.43 Å². The zero-order chi connectivity index (χ0) is 15.2. The standard InChI is InChI=1S/C14H11N3O4/c18-13-7-2-1-6-12(13)14(19)16-15-9-10-4-3-5-11(8-10)17(20)21/h1-9,18H,(H,16,19)/b15-9-. The number of nitro groups is 1. The minimum atomic E-state index is -0.574. The van der Waals surface area contributed by atoms with Crippen LogP contribution in [0, 0.1) is 10.1 Å². The molecule has 21 heavy (non-hydrogen) atoms. The number of phenols is 1. The van der Waals surface area contributed by atoms with Gasteiger partial charge in [-0.05, 0) is 12.1 Å². The van der Waals surface area contributed by atoms with Crippen molar-refractivity contribution >= 4 is 17.8 Å². The summed E-state index contributed by atoms with van der Waals surface area (Å²) in [6, 6.07) is 11.9. The highest BCUT2D eigenvalue weighted by Crippen LogP contribution is 2.15. The molecule has 0 aromatic heterocycles. The van der Waals surface area contributed by atoms with Crippen molar-refractivity contribution in [2.24, 2.45) is 5.10 Å². The van der Waals surface area contributed by atoms with Crippen LogP contribution in [-0.4, -0.2) is 22.2 Å². The molecule has 2 aromatic rings. The summed E-state index contributed by atoms with van der Waals surface area (Å²) in [4.78, 5) is 21.8. The Balaban J connectivity index is 2.06. The van der Waals surface area contributed by atoms with E-state index in [0.717, 1.165) is 0 Å². The van der Waals surface area contributed by atoms with Crippen LogP contribution in [0.3, 0.4) is 0 Å². The summed E-state index contributed by atoms with van der Waals surface area (Å²) >= 11 is 0. The predicted molar refractivity (Wildman–Crippen MR) is 76.3 cm³/mol. The monoisotopic (exact) mass is 285 g/mol. The van der Waals surface area contributed by atoms with Gasteiger partial charge in [-0.2, -0.15) is 5.10 Å². The Morgan fingerprint density at radius 1 is 1.24 bits per heavy atom. The highest BCUT2D eigenvalue weighted by atomic mass is 16.6. The number of nitrogens with zero attached hydrogens (tertiary/aromatic N) is 2. The van der Waals surface area contributed by atoms with Crippen LogP contribution in [0.2, 0.25) is 0 Å². The van der Waals surface area contributed by atoms with Crippen molar-refractivity contribution in [3.63, 3.8) is 0 Å². The number of phenolic OH excluding ortho intramolecular Hbond substituents is 1. The van der Waals surface area contributed by atoms with Crippen LogP contribution in [0.25, 0.3) is 0 Å². The van der Waals surface area contributed by atoms with E-state index in [2.05, 4.69) is 10.5 Å². The molecule has 0 heterocycles. The Bertz CT molecular complexity index is 713. The summed E-state index contributed by atoms with van der Waals surface area (Å²) in [6.45, 7) is 0. The first kappa shape index (κ1) is 14.2. The normalized spacial score (nSPS) is 10.5. The molecule has 2 aromatic carbocycles. The van der Waals surface area contributed by atoms with E-state index in [1.165, 1.54) is 36.5 Å². The van der Waals surface area contributed by atoms with Gasteiger partial charge in [0.2, 0.25) is 0 Å². The van der Waals surface area contributed by atoms with E-state index in [-0.39, 0.29) is 17.0 Å². The number of hydrogen-bond donors (Lipinski definition) is 2. The molecule has 0 saturated carbocycles. The van der Waals surface area contributed by atoms with Crippen molar-refractivity contribution in [3.8, 4) is 5.75 Å². The van der Waals surface area contributed by atoms with E-state index in [4.69, 9.17) is 0 Å². The Labute approximate surface area is 119 Å². The zero-order valence-corrected chi connectivity index (χ0v) is 10.8.